The van der Waals surface area contributed by atoms with Gasteiger partial charge in [-0.15, -0.1) is 11.8 Å². The van der Waals surface area contributed by atoms with Gasteiger partial charge in [-0.25, -0.2) is 8.42 Å². The van der Waals surface area contributed by atoms with Crippen molar-refractivity contribution in [1.29, 1.82) is 0 Å². The molecule has 48 heavy (non-hydrogen) atoms. The zero-order valence-corrected chi connectivity index (χ0v) is 30.9. The predicted molar refractivity (Wildman–Crippen MR) is 197 cm³/mol. The highest BCUT2D eigenvalue weighted by atomic mass is 79.9. The molecule has 2 amide bonds. The van der Waals surface area contributed by atoms with Gasteiger partial charge in [-0.3, -0.25) is 13.9 Å². The van der Waals surface area contributed by atoms with E-state index in [9.17, 15) is 18.0 Å². The normalized spacial score (nSPS) is 12.5. The van der Waals surface area contributed by atoms with E-state index in [1.165, 1.54) is 16.7 Å². The Hall–Kier alpha value is -3.80. The van der Waals surface area contributed by atoms with Crippen LogP contribution in [0.1, 0.15) is 38.3 Å². The van der Waals surface area contributed by atoms with Crippen molar-refractivity contribution in [2.75, 3.05) is 23.7 Å². The molecule has 0 aliphatic carbocycles. The molecule has 0 heterocycles. The molecule has 0 fully saturated rings. The highest BCUT2D eigenvalue weighted by Crippen LogP contribution is 2.28. The van der Waals surface area contributed by atoms with Gasteiger partial charge in [0.15, 0.2) is 0 Å². The summed E-state index contributed by atoms with van der Waals surface area (Å²) in [5.74, 6) is -0.247. The van der Waals surface area contributed by atoms with E-state index < -0.39 is 28.5 Å². The summed E-state index contributed by atoms with van der Waals surface area (Å²) in [5, 5.41) is 3.06. The van der Waals surface area contributed by atoms with Crippen LogP contribution >= 0.6 is 27.7 Å². The van der Waals surface area contributed by atoms with E-state index in [2.05, 4.69) is 21.2 Å². The summed E-state index contributed by atoms with van der Waals surface area (Å²) < 4.78 is 36.2. The standard InChI is InChI=1S/C37H42BrN3O5S2/c1-5-27(3)39-37(43)35(24-28-11-8-7-9-12-28)40(25-29-13-10-14-30(38)23-29)36(42)26-41(31-15-17-32(18-16-31)46-6-2)48(44,45)34-21-19-33(47-4)20-22-34/h7-23,27,35H,5-6,24-26H2,1-4H3,(H,39,43)/t27-,35-/m0/s1. The maximum atomic E-state index is 14.7. The third-order valence-corrected chi connectivity index (χ3v) is 10.9. The molecular weight excluding hydrogens is 710 g/mol. The Morgan fingerprint density at radius 3 is 2.17 bits per heavy atom. The van der Waals surface area contributed by atoms with Crippen LogP contribution < -0.4 is 14.4 Å². The number of rotatable bonds is 16. The second-order valence-electron chi connectivity index (χ2n) is 11.3. The quantitative estimate of drug-likeness (QED) is 0.121. The van der Waals surface area contributed by atoms with E-state index >= 15 is 0 Å². The van der Waals surface area contributed by atoms with Crippen LogP contribution in [0.15, 0.2) is 117 Å². The van der Waals surface area contributed by atoms with Gasteiger partial charge in [-0.1, -0.05) is 65.3 Å². The summed E-state index contributed by atoms with van der Waals surface area (Å²) in [4.78, 5) is 31.1. The van der Waals surface area contributed by atoms with Crippen molar-refractivity contribution in [1.82, 2.24) is 10.2 Å². The Bertz CT molecular complexity index is 1750. The second kappa shape index (κ2) is 17.6. The minimum absolute atomic E-state index is 0.0517. The molecule has 0 aromatic heterocycles. The fourth-order valence-corrected chi connectivity index (χ4v) is 7.38. The van der Waals surface area contributed by atoms with Crippen LogP contribution in [0.3, 0.4) is 0 Å². The Labute approximate surface area is 297 Å². The molecule has 4 rings (SSSR count). The summed E-state index contributed by atoms with van der Waals surface area (Å²) in [6.45, 7) is 5.77. The first-order valence-corrected chi connectivity index (χ1v) is 19.3. The number of sulfonamides is 1. The van der Waals surface area contributed by atoms with Crippen LogP contribution in [0.4, 0.5) is 5.69 Å². The molecule has 4 aromatic carbocycles. The number of carbonyl (C=O) groups excluding carboxylic acids is 2. The van der Waals surface area contributed by atoms with Crippen molar-refractivity contribution in [3.8, 4) is 5.75 Å². The van der Waals surface area contributed by atoms with Crippen molar-refractivity contribution in [2.24, 2.45) is 0 Å². The summed E-state index contributed by atoms with van der Waals surface area (Å²) >= 11 is 5.02. The van der Waals surface area contributed by atoms with Crippen LogP contribution in [-0.4, -0.2) is 56.6 Å². The zero-order valence-electron chi connectivity index (χ0n) is 27.6. The smallest absolute Gasteiger partial charge is 0.264 e. The average molecular weight is 753 g/mol. The number of nitrogens with zero attached hydrogens (tertiary/aromatic N) is 2. The van der Waals surface area contributed by atoms with Crippen LogP contribution in [0.25, 0.3) is 0 Å². The Morgan fingerprint density at radius 1 is 0.896 bits per heavy atom. The van der Waals surface area contributed by atoms with Crippen LogP contribution in [0.2, 0.25) is 0 Å². The minimum atomic E-state index is -4.21. The maximum absolute atomic E-state index is 14.7. The molecule has 0 aliphatic heterocycles. The summed E-state index contributed by atoms with van der Waals surface area (Å²) in [6.07, 6.45) is 2.87. The molecule has 0 aliphatic rings. The summed E-state index contributed by atoms with van der Waals surface area (Å²) in [7, 11) is -4.21. The first-order valence-electron chi connectivity index (χ1n) is 15.8. The van der Waals surface area contributed by atoms with Crippen molar-refractivity contribution in [3.63, 3.8) is 0 Å². The number of nitrogens with one attached hydrogen (secondary N) is 1. The third kappa shape index (κ3) is 9.87. The van der Waals surface area contributed by atoms with Gasteiger partial charge in [0, 0.05) is 28.4 Å². The van der Waals surface area contributed by atoms with Gasteiger partial charge in [0.05, 0.1) is 17.2 Å². The Balaban J connectivity index is 1.81. The van der Waals surface area contributed by atoms with Crippen molar-refractivity contribution < 1.29 is 22.7 Å². The lowest BCUT2D eigenvalue weighted by Crippen LogP contribution is -2.54. The number of thioether (sulfide) groups is 1. The first kappa shape index (κ1) is 37.0. The van der Waals surface area contributed by atoms with E-state index in [4.69, 9.17) is 4.74 Å². The Kier molecular flexibility index (Phi) is 13.5. The topological polar surface area (TPSA) is 96.0 Å². The van der Waals surface area contributed by atoms with Gasteiger partial charge >= 0.3 is 0 Å². The highest BCUT2D eigenvalue weighted by Gasteiger charge is 2.35. The number of benzene rings is 4. The fraction of sp³-hybridized carbons (Fsp3) is 0.297. The number of anilines is 1. The number of carbonyl (C=O) groups is 2. The number of amides is 2. The van der Waals surface area contributed by atoms with E-state index in [-0.39, 0.29) is 29.8 Å². The number of ether oxygens (including phenoxy) is 1. The summed E-state index contributed by atoms with van der Waals surface area (Å²) in [6, 6.07) is 29.2. The molecule has 11 heteroatoms. The average Bonchev–Trinajstić information content (AvgIpc) is 3.09. The van der Waals surface area contributed by atoms with E-state index in [0.29, 0.717) is 24.5 Å². The predicted octanol–water partition coefficient (Wildman–Crippen LogP) is 7.32. The van der Waals surface area contributed by atoms with Crippen molar-refractivity contribution in [2.45, 2.75) is 62.0 Å². The molecule has 8 nitrogen and oxygen atoms in total. The van der Waals surface area contributed by atoms with E-state index in [0.717, 1.165) is 24.8 Å². The maximum Gasteiger partial charge on any atom is 0.264 e. The highest BCUT2D eigenvalue weighted by molar-refractivity contribution is 9.10. The van der Waals surface area contributed by atoms with Crippen LogP contribution in [-0.2, 0) is 32.6 Å². The van der Waals surface area contributed by atoms with Gasteiger partial charge in [0.25, 0.3) is 10.0 Å². The van der Waals surface area contributed by atoms with E-state index in [1.54, 1.807) is 48.5 Å². The van der Waals surface area contributed by atoms with Gasteiger partial charge in [-0.2, -0.15) is 0 Å². The van der Waals surface area contributed by atoms with Gasteiger partial charge < -0.3 is 15.0 Å². The molecule has 0 saturated heterocycles. The lowest BCUT2D eigenvalue weighted by molar-refractivity contribution is -0.140. The zero-order chi connectivity index (χ0) is 34.7. The molecular formula is C37H42BrN3O5S2. The largest absolute Gasteiger partial charge is 0.494 e. The SMILES string of the molecule is CCOc1ccc(N(CC(=O)N(Cc2cccc(Br)c2)[C@@H](Cc2ccccc2)C(=O)N[C@@H](C)CC)S(=O)(=O)c2ccc(SC)cc2)cc1. The first-order chi connectivity index (χ1) is 23.0. The molecule has 0 bridgehead atoms. The second-order valence-corrected chi connectivity index (χ2v) is 14.9. The van der Waals surface area contributed by atoms with Crippen molar-refractivity contribution in [3.05, 3.63) is 119 Å². The van der Waals surface area contributed by atoms with Gasteiger partial charge in [0.1, 0.15) is 18.3 Å². The number of hydrogen-bond donors (Lipinski definition) is 1. The fourth-order valence-electron chi connectivity index (χ4n) is 5.11. The molecule has 4 aromatic rings. The van der Waals surface area contributed by atoms with Gasteiger partial charge in [-0.05, 0) is 98.3 Å². The van der Waals surface area contributed by atoms with Crippen LogP contribution in [0, 0.1) is 0 Å². The molecule has 254 valence electrons. The lowest BCUT2D eigenvalue weighted by Gasteiger charge is -2.34. The molecule has 0 spiro atoms. The lowest BCUT2D eigenvalue weighted by atomic mass is 10.0. The van der Waals surface area contributed by atoms with Gasteiger partial charge in [0.2, 0.25) is 11.8 Å². The monoisotopic (exact) mass is 751 g/mol. The Morgan fingerprint density at radius 2 is 1.56 bits per heavy atom. The number of halogens is 1. The molecule has 0 saturated carbocycles. The van der Waals surface area contributed by atoms with Crippen molar-refractivity contribution >= 4 is 55.2 Å². The summed E-state index contributed by atoms with van der Waals surface area (Å²) in [5.41, 5.74) is 1.96. The molecule has 2 atom stereocenters. The molecule has 1 N–H and O–H groups in total. The minimum Gasteiger partial charge on any atom is -0.494 e. The molecule has 0 unspecified atom stereocenters. The van der Waals surface area contributed by atoms with E-state index in [1.807, 2.05) is 81.6 Å². The van der Waals surface area contributed by atoms with Crippen LogP contribution in [0.5, 0.6) is 5.75 Å². The molecule has 0 radical (unpaired) electrons. The third-order valence-electron chi connectivity index (χ3n) is 7.88. The number of hydrogen-bond acceptors (Lipinski definition) is 6.